The smallest absolute Gasteiger partial charge is 0.0767 e. The number of nitrogens with zero attached hydrogens (tertiary/aromatic N) is 3. The topological polar surface area (TPSA) is 21.1 Å². The highest BCUT2D eigenvalue weighted by Gasteiger charge is 2.16. The van der Waals surface area contributed by atoms with Crippen LogP contribution in [0.3, 0.4) is 0 Å². The molecule has 3 nitrogen and oxygen atoms in total. The van der Waals surface area contributed by atoms with Gasteiger partial charge in [0.1, 0.15) is 0 Å². The van der Waals surface area contributed by atoms with E-state index in [0.29, 0.717) is 0 Å². The maximum absolute atomic E-state index is 4.68. The van der Waals surface area contributed by atoms with E-state index in [1.165, 1.54) is 15.0 Å². The Hall–Kier alpha value is -0.650. The average Bonchev–Trinajstić information content (AvgIpc) is 3.07. The zero-order valence-electron chi connectivity index (χ0n) is 12.4. The highest BCUT2D eigenvalue weighted by atomic mass is 79.9. The van der Waals surface area contributed by atoms with Crippen molar-refractivity contribution in [2.75, 3.05) is 6.54 Å². The van der Waals surface area contributed by atoms with Crippen molar-refractivity contribution in [3.63, 3.8) is 0 Å². The van der Waals surface area contributed by atoms with Crippen LogP contribution in [0, 0.1) is 0 Å². The fraction of sp³-hybridized carbons (Fsp3) is 0.533. The third-order valence-electron chi connectivity index (χ3n) is 3.47. The maximum atomic E-state index is 4.68. The van der Waals surface area contributed by atoms with Crippen LogP contribution in [0.4, 0.5) is 0 Å². The standard InChI is InChI=1S/C15H22BrN3S/c1-4-13-15(16)14(19(6-3)17-13)11-18(5-2)10-12-8-7-9-20-12/h7-9H,4-6,10-11H2,1-3H3. The first kappa shape index (κ1) is 15.7. The molecule has 0 aliphatic rings. The second-order valence-corrected chi connectivity index (χ2v) is 6.58. The number of hydrogen-bond acceptors (Lipinski definition) is 3. The number of hydrogen-bond donors (Lipinski definition) is 0. The van der Waals surface area contributed by atoms with E-state index in [1.54, 1.807) is 0 Å². The molecule has 0 amide bonds. The Morgan fingerprint density at radius 2 is 2.10 bits per heavy atom. The van der Waals surface area contributed by atoms with Crippen LogP contribution in [0.25, 0.3) is 0 Å². The van der Waals surface area contributed by atoms with E-state index >= 15 is 0 Å². The summed E-state index contributed by atoms with van der Waals surface area (Å²) in [4.78, 5) is 3.88. The van der Waals surface area contributed by atoms with Crippen LogP contribution in [0.15, 0.2) is 22.0 Å². The Kier molecular flexibility index (Phi) is 5.81. The fourth-order valence-corrected chi connectivity index (χ4v) is 3.72. The van der Waals surface area contributed by atoms with E-state index < -0.39 is 0 Å². The molecule has 0 fully saturated rings. The summed E-state index contributed by atoms with van der Waals surface area (Å²) in [6.07, 6.45) is 0.970. The number of rotatable bonds is 7. The molecule has 0 saturated carbocycles. The lowest BCUT2D eigenvalue weighted by molar-refractivity contribution is 0.264. The van der Waals surface area contributed by atoms with Crippen molar-refractivity contribution in [3.8, 4) is 0 Å². The number of aryl methyl sites for hydroxylation is 2. The number of halogens is 1. The lowest BCUT2D eigenvalue weighted by Crippen LogP contribution is -2.23. The zero-order chi connectivity index (χ0) is 14.5. The fourth-order valence-electron chi connectivity index (χ4n) is 2.28. The summed E-state index contributed by atoms with van der Waals surface area (Å²) in [5.41, 5.74) is 2.46. The Bertz CT molecular complexity index is 534. The molecule has 0 unspecified atom stereocenters. The summed E-state index contributed by atoms with van der Waals surface area (Å²) < 4.78 is 3.31. The lowest BCUT2D eigenvalue weighted by atomic mass is 10.3. The Morgan fingerprint density at radius 3 is 2.65 bits per heavy atom. The minimum atomic E-state index is 0.921. The molecule has 0 aliphatic carbocycles. The third-order valence-corrected chi connectivity index (χ3v) is 5.25. The van der Waals surface area contributed by atoms with Gasteiger partial charge in [0.05, 0.1) is 15.9 Å². The lowest BCUT2D eigenvalue weighted by Gasteiger charge is -2.20. The van der Waals surface area contributed by atoms with Crippen molar-refractivity contribution in [1.82, 2.24) is 14.7 Å². The molecule has 0 aliphatic heterocycles. The van der Waals surface area contributed by atoms with Crippen LogP contribution >= 0.6 is 27.3 Å². The predicted octanol–water partition coefficient (Wildman–Crippen LogP) is 4.31. The molecule has 0 N–H and O–H groups in total. The summed E-state index contributed by atoms with van der Waals surface area (Å²) in [7, 11) is 0. The van der Waals surface area contributed by atoms with Crippen LogP contribution in [-0.2, 0) is 26.1 Å². The molecule has 0 bridgehead atoms. The van der Waals surface area contributed by atoms with Gasteiger partial charge in [0.2, 0.25) is 0 Å². The minimum absolute atomic E-state index is 0.921. The first-order valence-electron chi connectivity index (χ1n) is 7.18. The monoisotopic (exact) mass is 355 g/mol. The number of aromatic nitrogens is 2. The molecular weight excluding hydrogens is 334 g/mol. The van der Waals surface area contributed by atoms with Crippen molar-refractivity contribution in [3.05, 3.63) is 38.3 Å². The van der Waals surface area contributed by atoms with Gasteiger partial charge in [0.15, 0.2) is 0 Å². The molecule has 0 spiro atoms. The van der Waals surface area contributed by atoms with Gasteiger partial charge in [-0.2, -0.15) is 5.10 Å². The van der Waals surface area contributed by atoms with Gasteiger partial charge in [0, 0.05) is 24.5 Å². The van der Waals surface area contributed by atoms with Gasteiger partial charge in [-0.05, 0) is 47.3 Å². The minimum Gasteiger partial charge on any atom is -0.293 e. The van der Waals surface area contributed by atoms with Gasteiger partial charge >= 0.3 is 0 Å². The van der Waals surface area contributed by atoms with Crippen LogP contribution in [0.2, 0.25) is 0 Å². The van der Waals surface area contributed by atoms with Gasteiger partial charge in [-0.15, -0.1) is 11.3 Å². The van der Waals surface area contributed by atoms with Crippen LogP contribution in [0.5, 0.6) is 0 Å². The second-order valence-electron chi connectivity index (χ2n) is 4.76. The average molecular weight is 356 g/mol. The van der Waals surface area contributed by atoms with E-state index in [9.17, 15) is 0 Å². The predicted molar refractivity (Wildman–Crippen MR) is 89.1 cm³/mol. The summed E-state index contributed by atoms with van der Waals surface area (Å²) in [6, 6.07) is 4.33. The highest BCUT2D eigenvalue weighted by Crippen LogP contribution is 2.24. The largest absolute Gasteiger partial charge is 0.293 e. The molecule has 5 heteroatoms. The highest BCUT2D eigenvalue weighted by molar-refractivity contribution is 9.10. The Labute approximate surface area is 133 Å². The molecule has 0 saturated heterocycles. The van der Waals surface area contributed by atoms with E-state index in [4.69, 9.17) is 0 Å². The van der Waals surface area contributed by atoms with Gasteiger partial charge in [-0.25, -0.2) is 0 Å². The van der Waals surface area contributed by atoms with E-state index in [1.807, 2.05) is 11.3 Å². The summed E-state index contributed by atoms with van der Waals surface area (Å²) in [6.45, 7) is 10.4. The molecule has 20 heavy (non-hydrogen) atoms. The molecule has 2 aromatic heterocycles. The van der Waals surface area contributed by atoms with Crippen molar-refractivity contribution in [1.29, 1.82) is 0 Å². The van der Waals surface area contributed by atoms with Crippen molar-refractivity contribution >= 4 is 27.3 Å². The van der Waals surface area contributed by atoms with E-state index in [0.717, 1.165) is 38.3 Å². The number of thiophene rings is 1. The molecule has 2 rings (SSSR count). The SMILES string of the molecule is CCc1nn(CC)c(CN(CC)Cc2cccs2)c1Br. The molecule has 0 radical (unpaired) electrons. The molecule has 110 valence electrons. The van der Waals surface area contributed by atoms with Crippen LogP contribution in [0.1, 0.15) is 37.0 Å². The van der Waals surface area contributed by atoms with Crippen LogP contribution < -0.4 is 0 Å². The van der Waals surface area contributed by atoms with Gasteiger partial charge < -0.3 is 0 Å². The molecular formula is C15H22BrN3S. The third kappa shape index (κ3) is 3.51. The normalized spacial score (nSPS) is 11.4. The molecule has 2 heterocycles. The first-order chi connectivity index (χ1) is 9.69. The van der Waals surface area contributed by atoms with Crippen molar-refractivity contribution in [2.24, 2.45) is 0 Å². The molecule has 2 aromatic rings. The van der Waals surface area contributed by atoms with Gasteiger partial charge in [0.25, 0.3) is 0 Å². The summed E-state index contributed by atoms with van der Waals surface area (Å²) in [5.74, 6) is 0. The second kappa shape index (κ2) is 7.38. The molecule has 0 aromatic carbocycles. The Balaban J connectivity index is 2.16. The van der Waals surface area contributed by atoms with Gasteiger partial charge in [-0.3, -0.25) is 9.58 Å². The van der Waals surface area contributed by atoms with E-state index in [2.05, 4.69) is 68.9 Å². The first-order valence-corrected chi connectivity index (χ1v) is 8.85. The zero-order valence-corrected chi connectivity index (χ0v) is 14.8. The van der Waals surface area contributed by atoms with Crippen LogP contribution in [-0.4, -0.2) is 21.2 Å². The quantitative estimate of drug-likeness (QED) is 0.737. The summed E-state index contributed by atoms with van der Waals surface area (Å²) in [5, 5.41) is 6.82. The maximum Gasteiger partial charge on any atom is 0.0767 e. The Morgan fingerprint density at radius 1 is 1.30 bits per heavy atom. The summed E-state index contributed by atoms with van der Waals surface area (Å²) >= 11 is 5.56. The van der Waals surface area contributed by atoms with Gasteiger partial charge in [-0.1, -0.05) is 19.9 Å². The van der Waals surface area contributed by atoms with Crippen molar-refractivity contribution in [2.45, 2.75) is 46.8 Å². The van der Waals surface area contributed by atoms with E-state index in [-0.39, 0.29) is 0 Å². The molecule has 0 atom stereocenters. The van der Waals surface area contributed by atoms with Crippen molar-refractivity contribution < 1.29 is 0 Å².